The van der Waals surface area contributed by atoms with Gasteiger partial charge in [0.15, 0.2) is 0 Å². The van der Waals surface area contributed by atoms with Gasteiger partial charge in [-0.05, 0) is 43.5 Å². The fraction of sp³-hybridized carbons (Fsp3) is 0.118. The fourth-order valence-electron chi connectivity index (χ4n) is 2.92. The van der Waals surface area contributed by atoms with Crippen molar-refractivity contribution in [3.8, 4) is 0 Å². The number of rotatable bonds is 0. The molecule has 0 saturated carbocycles. The van der Waals surface area contributed by atoms with E-state index in [0.717, 1.165) is 11.0 Å². The van der Waals surface area contributed by atoms with Gasteiger partial charge < -0.3 is 4.98 Å². The predicted molar refractivity (Wildman–Crippen MR) is 80.6 cm³/mol. The number of aromatic amines is 1. The molecule has 2 aromatic carbocycles. The summed E-state index contributed by atoms with van der Waals surface area (Å²) in [6, 6.07) is 15.0. The van der Waals surface area contributed by atoms with Crippen molar-refractivity contribution in [2.75, 3.05) is 0 Å². The molecule has 2 heteroatoms. The Morgan fingerprint density at radius 3 is 2.58 bits per heavy atom. The molecule has 2 heterocycles. The van der Waals surface area contributed by atoms with Crippen LogP contribution in [-0.2, 0) is 0 Å². The topological polar surface area (TPSA) is 28.7 Å². The van der Waals surface area contributed by atoms with Gasteiger partial charge >= 0.3 is 0 Å². The Bertz CT molecular complexity index is 932. The number of para-hydroxylation sites is 1. The molecule has 0 fully saturated rings. The van der Waals surface area contributed by atoms with Gasteiger partial charge in [0.05, 0.1) is 11.0 Å². The highest BCUT2D eigenvalue weighted by Gasteiger charge is 2.08. The van der Waals surface area contributed by atoms with Gasteiger partial charge in [-0.3, -0.25) is 0 Å². The molecule has 0 saturated heterocycles. The van der Waals surface area contributed by atoms with Gasteiger partial charge in [-0.25, -0.2) is 4.98 Å². The molecule has 19 heavy (non-hydrogen) atoms. The summed E-state index contributed by atoms with van der Waals surface area (Å²) in [5.41, 5.74) is 4.55. The second-order valence-corrected chi connectivity index (χ2v) is 5.16. The third kappa shape index (κ3) is 1.46. The van der Waals surface area contributed by atoms with Crippen LogP contribution in [0.5, 0.6) is 0 Å². The zero-order valence-electron chi connectivity index (χ0n) is 11.0. The highest BCUT2D eigenvalue weighted by Crippen LogP contribution is 2.30. The van der Waals surface area contributed by atoms with Gasteiger partial charge in [0, 0.05) is 27.5 Å². The van der Waals surface area contributed by atoms with Crippen molar-refractivity contribution in [2.45, 2.75) is 13.8 Å². The average molecular weight is 246 g/mol. The van der Waals surface area contributed by atoms with E-state index in [1.54, 1.807) is 0 Å². The summed E-state index contributed by atoms with van der Waals surface area (Å²) >= 11 is 0. The van der Waals surface area contributed by atoms with Crippen LogP contribution < -0.4 is 0 Å². The Balaban J connectivity index is 2.25. The number of aryl methyl sites for hydroxylation is 2. The number of benzene rings is 2. The lowest BCUT2D eigenvalue weighted by atomic mass is 10.0. The SMILES string of the molecule is Cc1cc2cc3nc4ccccc4c3cc2c(C)[nH]1. The highest BCUT2D eigenvalue weighted by atomic mass is 14.7. The van der Waals surface area contributed by atoms with Crippen LogP contribution in [0.15, 0.2) is 42.5 Å². The predicted octanol–water partition coefficient (Wildman–Crippen LogP) is 4.49. The average Bonchev–Trinajstić information content (AvgIpc) is 2.74. The van der Waals surface area contributed by atoms with Crippen molar-refractivity contribution in [2.24, 2.45) is 0 Å². The van der Waals surface area contributed by atoms with Crippen LogP contribution in [0.1, 0.15) is 11.4 Å². The van der Waals surface area contributed by atoms with Crippen molar-refractivity contribution < 1.29 is 0 Å². The van der Waals surface area contributed by atoms with Crippen molar-refractivity contribution in [3.05, 3.63) is 53.9 Å². The van der Waals surface area contributed by atoms with Crippen LogP contribution in [0.25, 0.3) is 32.6 Å². The Morgan fingerprint density at radius 1 is 0.842 bits per heavy atom. The molecule has 0 bridgehead atoms. The number of fused-ring (bicyclic) bond motifs is 4. The number of nitrogens with one attached hydrogen (secondary N) is 1. The summed E-state index contributed by atoms with van der Waals surface area (Å²) < 4.78 is 0. The van der Waals surface area contributed by atoms with Crippen LogP contribution in [0.4, 0.5) is 0 Å². The van der Waals surface area contributed by atoms with Gasteiger partial charge in [0.25, 0.3) is 0 Å². The smallest absolute Gasteiger partial charge is 0.0722 e. The van der Waals surface area contributed by atoms with Crippen molar-refractivity contribution in [1.82, 2.24) is 9.97 Å². The summed E-state index contributed by atoms with van der Waals surface area (Å²) in [7, 11) is 0. The lowest BCUT2D eigenvalue weighted by Gasteiger charge is -2.05. The maximum atomic E-state index is 4.71. The Hall–Kier alpha value is -2.35. The molecular formula is C17H14N2. The molecule has 0 amide bonds. The Morgan fingerprint density at radius 2 is 1.68 bits per heavy atom. The molecule has 0 atom stereocenters. The first-order valence-electron chi connectivity index (χ1n) is 6.51. The minimum atomic E-state index is 1.08. The third-order valence-electron chi connectivity index (χ3n) is 3.76. The lowest BCUT2D eigenvalue weighted by molar-refractivity contribution is 1.15. The van der Waals surface area contributed by atoms with Gasteiger partial charge in [-0.1, -0.05) is 18.2 Å². The van der Waals surface area contributed by atoms with Gasteiger partial charge in [-0.15, -0.1) is 0 Å². The van der Waals surface area contributed by atoms with Crippen LogP contribution in [0, 0.1) is 13.8 Å². The maximum absolute atomic E-state index is 4.71. The Labute approximate surface area is 111 Å². The number of hydrogen-bond donors (Lipinski definition) is 1. The van der Waals surface area contributed by atoms with Crippen LogP contribution in [0.2, 0.25) is 0 Å². The number of hydrogen-bond acceptors (Lipinski definition) is 1. The van der Waals surface area contributed by atoms with E-state index in [9.17, 15) is 0 Å². The van der Waals surface area contributed by atoms with E-state index in [2.05, 4.69) is 55.2 Å². The molecule has 2 nitrogen and oxygen atoms in total. The number of H-pyrrole nitrogens is 1. The highest BCUT2D eigenvalue weighted by molar-refractivity contribution is 6.12. The molecule has 0 aliphatic heterocycles. The van der Waals surface area contributed by atoms with E-state index < -0.39 is 0 Å². The van der Waals surface area contributed by atoms with Crippen molar-refractivity contribution in [1.29, 1.82) is 0 Å². The molecule has 0 unspecified atom stereocenters. The van der Waals surface area contributed by atoms with Gasteiger partial charge in [0.1, 0.15) is 0 Å². The molecule has 0 aliphatic carbocycles. The number of pyridine rings is 1. The molecule has 0 radical (unpaired) electrons. The van der Waals surface area contributed by atoms with Crippen molar-refractivity contribution >= 4 is 32.6 Å². The van der Waals surface area contributed by atoms with E-state index in [1.165, 1.54) is 32.9 Å². The fourth-order valence-corrected chi connectivity index (χ4v) is 2.92. The second kappa shape index (κ2) is 3.58. The van der Waals surface area contributed by atoms with E-state index in [1.807, 2.05) is 6.07 Å². The van der Waals surface area contributed by atoms with Crippen molar-refractivity contribution in [3.63, 3.8) is 0 Å². The van der Waals surface area contributed by atoms with Crippen LogP contribution in [0.3, 0.4) is 0 Å². The molecule has 0 spiro atoms. The lowest BCUT2D eigenvalue weighted by Crippen LogP contribution is -1.88. The summed E-state index contributed by atoms with van der Waals surface area (Å²) in [4.78, 5) is 8.11. The molecule has 1 N–H and O–H groups in total. The quantitative estimate of drug-likeness (QED) is 0.486. The zero-order valence-corrected chi connectivity index (χ0v) is 11.0. The minimum Gasteiger partial charge on any atom is -0.362 e. The van der Waals surface area contributed by atoms with Gasteiger partial charge in [0.2, 0.25) is 0 Å². The zero-order chi connectivity index (χ0) is 13.0. The monoisotopic (exact) mass is 246 g/mol. The first kappa shape index (κ1) is 10.6. The molecule has 0 aliphatic rings. The molecule has 4 aromatic rings. The van der Waals surface area contributed by atoms with Crippen LogP contribution in [-0.4, -0.2) is 9.97 Å². The molecule has 2 aromatic heterocycles. The normalized spacial score (nSPS) is 11.7. The second-order valence-electron chi connectivity index (χ2n) is 5.16. The number of nitrogens with zero attached hydrogens (tertiary/aromatic N) is 1. The van der Waals surface area contributed by atoms with E-state index in [4.69, 9.17) is 4.98 Å². The molecule has 4 rings (SSSR count). The molecular weight excluding hydrogens is 232 g/mol. The van der Waals surface area contributed by atoms with Crippen LogP contribution >= 0.6 is 0 Å². The van der Waals surface area contributed by atoms with E-state index in [0.29, 0.717) is 0 Å². The summed E-state index contributed by atoms with van der Waals surface area (Å²) in [5, 5.41) is 5.00. The summed E-state index contributed by atoms with van der Waals surface area (Å²) in [6.45, 7) is 4.21. The van der Waals surface area contributed by atoms with Gasteiger partial charge in [-0.2, -0.15) is 0 Å². The third-order valence-corrected chi connectivity index (χ3v) is 3.76. The largest absolute Gasteiger partial charge is 0.362 e. The van der Waals surface area contributed by atoms with E-state index >= 15 is 0 Å². The van der Waals surface area contributed by atoms with E-state index in [-0.39, 0.29) is 0 Å². The molecule has 92 valence electrons. The first-order valence-corrected chi connectivity index (χ1v) is 6.51. The standard InChI is InChI=1S/C17H14N2/c1-10-7-12-8-17-15(9-14(12)11(2)18-10)13-5-3-4-6-16(13)19-17/h3-9,18H,1-2H3. The maximum Gasteiger partial charge on any atom is 0.0722 e. The number of aromatic nitrogens is 2. The first-order chi connectivity index (χ1) is 9.22. The minimum absolute atomic E-state index is 1.08. The summed E-state index contributed by atoms with van der Waals surface area (Å²) in [5.74, 6) is 0. The Kier molecular flexibility index (Phi) is 1.99. The summed E-state index contributed by atoms with van der Waals surface area (Å²) in [6.07, 6.45) is 0.